The molecule has 0 aliphatic heterocycles. The third kappa shape index (κ3) is 4.10. The second-order valence-corrected chi connectivity index (χ2v) is 7.17. The number of nitro groups is 1. The molecular formula is C20H13Cl2N5O3. The van der Waals surface area contributed by atoms with E-state index in [0.29, 0.717) is 27.0 Å². The van der Waals surface area contributed by atoms with Crippen molar-refractivity contribution in [3.63, 3.8) is 0 Å². The molecule has 0 unspecified atom stereocenters. The Kier molecular flexibility index (Phi) is 5.35. The van der Waals surface area contributed by atoms with Crippen molar-refractivity contribution < 1.29 is 9.66 Å². The van der Waals surface area contributed by atoms with Crippen LogP contribution in [0.5, 0.6) is 11.6 Å². The number of halogens is 2. The van der Waals surface area contributed by atoms with E-state index in [2.05, 4.69) is 20.3 Å². The van der Waals surface area contributed by atoms with E-state index < -0.39 is 10.6 Å². The Morgan fingerprint density at radius 1 is 1.07 bits per heavy atom. The normalized spacial score (nSPS) is 10.8. The lowest BCUT2D eigenvalue weighted by molar-refractivity contribution is -0.385. The van der Waals surface area contributed by atoms with Gasteiger partial charge in [-0.15, -0.1) is 0 Å². The van der Waals surface area contributed by atoms with E-state index in [-0.39, 0.29) is 11.7 Å². The fourth-order valence-electron chi connectivity index (χ4n) is 2.86. The van der Waals surface area contributed by atoms with Crippen molar-refractivity contribution in [2.75, 3.05) is 5.32 Å². The first kappa shape index (κ1) is 19.8. The molecule has 0 spiro atoms. The van der Waals surface area contributed by atoms with E-state index in [1.165, 1.54) is 6.33 Å². The van der Waals surface area contributed by atoms with Gasteiger partial charge in [-0.1, -0.05) is 41.4 Å². The Morgan fingerprint density at radius 2 is 1.83 bits per heavy atom. The summed E-state index contributed by atoms with van der Waals surface area (Å²) in [5.74, 6) is 0.0592. The van der Waals surface area contributed by atoms with Gasteiger partial charge in [-0.2, -0.15) is 4.98 Å². The zero-order chi connectivity index (χ0) is 21.3. The molecule has 10 heteroatoms. The van der Waals surface area contributed by atoms with E-state index in [1.807, 2.05) is 25.1 Å². The van der Waals surface area contributed by atoms with Crippen LogP contribution in [-0.2, 0) is 0 Å². The van der Waals surface area contributed by atoms with Gasteiger partial charge in [0, 0.05) is 26.8 Å². The van der Waals surface area contributed by atoms with Gasteiger partial charge in [0.25, 0.3) is 0 Å². The van der Waals surface area contributed by atoms with Gasteiger partial charge >= 0.3 is 11.6 Å². The second-order valence-electron chi connectivity index (χ2n) is 6.30. The Bertz CT molecular complexity index is 1260. The minimum Gasteiger partial charge on any atom is -0.431 e. The van der Waals surface area contributed by atoms with Crippen LogP contribution in [0.25, 0.3) is 10.9 Å². The van der Waals surface area contributed by atoms with Crippen LogP contribution in [0, 0.1) is 17.0 Å². The van der Waals surface area contributed by atoms with Crippen LogP contribution >= 0.6 is 23.2 Å². The zero-order valence-electron chi connectivity index (χ0n) is 15.5. The molecule has 2 aromatic heterocycles. The number of anilines is 2. The molecule has 2 aromatic carbocycles. The summed E-state index contributed by atoms with van der Waals surface area (Å²) in [4.78, 5) is 23.6. The van der Waals surface area contributed by atoms with E-state index in [1.54, 1.807) is 30.3 Å². The maximum absolute atomic E-state index is 11.8. The molecule has 4 aromatic rings. The average Bonchev–Trinajstić information content (AvgIpc) is 2.67. The van der Waals surface area contributed by atoms with Crippen LogP contribution in [0.4, 0.5) is 17.2 Å². The number of hydrogen-bond acceptors (Lipinski definition) is 7. The summed E-state index contributed by atoms with van der Waals surface area (Å²) in [5, 5.41) is 16.2. The predicted molar refractivity (Wildman–Crippen MR) is 115 cm³/mol. The Labute approximate surface area is 180 Å². The molecule has 0 atom stereocenters. The van der Waals surface area contributed by atoms with Gasteiger partial charge in [0.1, 0.15) is 11.8 Å². The molecule has 4 rings (SSSR count). The topological polar surface area (TPSA) is 103 Å². The van der Waals surface area contributed by atoms with Crippen molar-refractivity contribution in [2.24, 2.45) is 0 Å². The molecule has 30 heavy (non-hydrogen) atoms. The first-order chi connectivity index (χ1) is 14.4. The number of aromatic nitrogens is 3. The molecule has 0 saturated heterocycles. The lowest BCUT2D eigenvalue weighted by Crippen LogP contribution is -2.04. The number of hydrogen-bond donors (Lipinski definition) is 1. The number of benzene rings is 2. The smallest absolute Gasteiger partial charge is 0.373 e. The van der Waals surface area contributed by atoms with Gasteiger partial charge in [0.05, 0.1) is 4.92 Å². The highest BCUT2D eigenvalue weighted by atomic mass is 35.5. The summed E-state index contributed by atoms with van der Waals surface area (Å²) in [7, 11) is 0. The average molecular weight is 442 g/mol. The van der Waals surface area contributed by atoms with Gasteiger partial charge in [0.15, 0.2) is 5.75 Å². The SMILES string of the molecule is Cc1ccc2cccc(Oc3ncnc(Nc4cc(Cl)cc(Cl)c4)c3[N+](=O)[O-])c2n1. The third-order valence-electron chi connectivity index (χ3n) is 4.13. The summed E-state index contributed by atoms with van der Waals surface area (Å²) < 4.78 is 5.82. The molecule has 0 bridgehead atoms. The van der Waals surface area contributed by atoms with Gasteiger partial charge in [-0.3, -0.25) is 10.1 Å². The molecule has 0 saturated carbocycles. The predicted octanol–water partition coefficient (Wildman–Crippen LogP) is 6.08. The summed E-state index contributed by atoms with van der Waals surface area (Å²) in [6.45, 7) is 1.85. The second kappa shape index (κ2) is 8.10. The quantitative estimate of drug-likeness (QED) is 0.295. The zero-order valence-corrected chi connectivity index (χ0v) is 17.0. The standard InChI is InChI=1S/C20H13Cl2N5O3/c1-11-5-6-12-3-2-4-16(17(12)25-11)30-20-18(27(28)29)19(23-10-24-20)26-15-8-13(21)7-14(22)9-15/h2-10H,1H3,(H,23,24,26). The van der Waals surface area contributed by atoms with Crippen molar-refractivity contribution in [1.29, 1.82) is 0 Å². The first-order valence-corrected chi connectivity index (χ1v) is 9.43. The fourth-order valence-corrected chi connectivity index (χ4v) is 3.39. The molecule has 0 fully saturated rings. The lowest BCUT2D eigenvalue weighted by Gasteiger charge is -2.11. The van der Waals surface area contributed by atoms with Crippen molar-refractivity contribution in [1.82, 2.24) is 15.0 Å². The van der Waals surface area contributed by atoms with Crippen LogP contribution in [0.2, 0.25) is 10.0 Å². The highest BCUT2D eigenvalue weighted by Crippen LogP contribution is 2.37. The first-order valence-electron chi connectivity index (χ1n) is 8.67. The van der Waals surface area contributed by atoms with Crippen LogP contribution in [0.15, 0.2) is 54.9 Å². The molecular weight excluding hydrogens is 429 g/mol. The number of para-hydroxylation sites is 1. The van der Waals surface area contributed by atoms with Gasteiger partial charge in [-0.25, -0.2) is 9.97 Å². The van der Waals surface area contributed by atoms with E-state index in [9.17, 15) is 10.1 Å². The Balaban J connectivity index is 1.77. The number of fused-ring (bicyclic) bond motifs is 1. The highest BCUT2D eigenvalue weighted by Gasteiger charge is 2.26. The van der Waals surface area contributed by atoms with Gasteiger partial charge < -0.3 is 10.1 Å². The fraction of sp³-hybridized carbons (Fsp3) is 0.0500. The Hall–Kier alpha value is -3.49. The van der Waals surface area contributed by atoms with Crippen LogP contribution in [-0.4, -0.2) is 19.9 Å². The molecule has 1 N–H and O–H groups in total. The maximum atomic E-state index is 11.8. The number of nitrogens with one attached hydrogen (secondary N) is 1. The molecule has 150 valence electrons. The summed E-state index contributed by atoms with van der Waals surface area (Å²) in [5.41, 5.74) is 1.36. The summed E-state index contributed by atoms with van der Waals surface area (Å²) in [6.07, 6.45) is 1.17. The monoisotopic (exact) mass is 441 g/mol. The van der Waals surface area contributed by atoms with Crippen molar-refractivity contribution >= 4 is 51.3 Å². The number of pyridine rings is 1. The van der Waals surface area contributed by atoms with Crippen LogP contribution in [0.3, 0.4) is 0 Å². The molecule has 0 aliphatic carbocycles. The number of rotatable bonds is 5. The van der Waals surface area contributed by atoms with Crippen molar-refractivity contribution in [3.05, 3.63) is 80.7 Å². The number of ether oxygens (including phenoxy) is 1. The molecule has 0 aliphatic rings. The van der Waals surface area contributed by atoms with Gasteiger partial charge in [-0.05, 0) is 37.3 Å². The minimum atomic E-state index is -0.617. The largest absolute Gasteiger partial charge is 0.431 e. The lowest BCUT2D eigenvalue weighted by atomic mass is 10.2. The van der Waals surface area contributed by atoms with E-state index in [4.69, 9.17) is 27.9 Å². The number of aryl methyl sites for hydroxylation is 1. The van der Waals surface area contributed by atoms with Crippen molar-refractivity contribution in [3.8, 4) is 11.6 Å². The van der Waals surface area contributed by atoms with E-state index in [0.717, 1.165) is 11.1 Å². The summed E-state index contributed by atoms with van der Waals surface area (Å²) in [6, 6.07) is 13.8. The third-order valence-corrected chi connectivity index (χ3v) is 4.56. The van der Waals surface area contributed by atoms with E-state index >= 15 is 0 Å². The Morgan fingerprint density at radius 3 is 2.57 bits per heavy atom. The summed E-state index contributed by atoms with van der Waals surface area (Å²) >= 11 is 12.0. The molecule has 8 nitrogen and oxygen atoms in total. The van der Waals surface area contributed by atoms with Crippen molar-refractivity contribution in [2.45, 2.75) is 6.92 Å². The van der Waals surface area contributed by atoms with Gasteiger partial charge in [0.2, 0.25) is 5.82 Å². The molecule has 0 radical (unpaired) electrons. The maximum Gasteiger partial charge on any atom is 0.373 e. The molecule has 2 heterocycles. The highest BCUT2D eigenvalue weighted by molar-refractivity contribution is 6.35. The number of nitrogens with zero attached hydrogens (tertiary/aromatic N) is 4. The minimum absolute atomic E-state index is 0.0623. The van der Waals surface area contributed by atoms with Crippen LogP contribution < -0.4 is 10.1 Å². The molecule has 0 amide bonds. The van der Waals surface area contributed by atoms with Crippen LogP contribution in [0.1, 0.15) is 5.69 Å².